The molecule has 0 aliphatic rings. The Balaban J connectivity index is 3.77. The van der Waals surface area contributed by atoms with E-state index in [9.17, 15) is 24.2 Å². The summed E-state index contributed by atoms with van der Waals surface area (Å²) in [6, 6.07) is 0. The highest BCUT2D eigenvalue weighted by Gasteiger charge is 2.23. The minimum absolute atomic E-state index is 0.0412. The van der Waals surface area contributed by atoms with Crippen LogP contribution in [0.4, 0.5) is 0 Å². The summed E-state index contributed by atoms with van der Waals surface area (Å²) >= 11 is 0. The molecule has 0 fully saturated rings. The van der Waals surface area contributed by atoms with E-state index in [2.05, 4.69) is 129 Å². The van der Waals surface area contributed by atoms with Crippen molar-refractivity contribution < 1.29 is 37.9 Å². The number of nitrogens with one attached hydrogen (secondary N) is 1. The van der Waals surface area contributed by atoms with Gasteiger partial charge in [-0.25, -0.2) is 4.57 Å². The number of carbonyl (C=O) groups excluding carboxylic acids is 2. The molecular weight excluding hydrogens is 737 g/mol. The van der Waals surface area contributed by atoms with E-state index in [0.29, 0.717) is 19.3 Å². The maximum Gasteiger partial charge on any atom is 0.472 e. The Hall–Kier alpha value is -3.33. The van der Waals surface area contributed by atoms with Crippen LogP contribution in [-0.2, 0) is 27.9 Å². The molecule has 0 radical (unpaired) electrons. The third-order valence-corrected chi connectivity index (χ3v) is 9.17. The van der Waals surface area contributed by atoms with Crippen LogP contribution in [0.1, 0.15) is 142 Å². The number of hydrogen-bond acceptors (Lipinski definition) is 7. The maximum absolute atomic E-state index is 12.1. The minimum atomic E-state index is -4.45. The fourth-order valence-electron chi connectivity index (χ4n) is 4.99. The number of aliphatic hydroxyl groups excluding tert-OH is 1. The maximum atomic E-state index is 12.1. The number of phosphoric ester groups is 1. The van der Waals surface area contributed by atoms with Crippen LogP contribution >= 0.6 is 7.82 Å². The third kappa shape index (κ3) is 43.6. The lowest BCUT2D eigenvalue weighted by Gasteiger charge is -2.15. The molecule has 3 N–H and O–H groups in total. The SMILES string of the molecule is CC/C=C\C/C=C\C/C=C\C/C=C\C/C=C\CCCCCC(=O)OCC(O)COP(=O)(O)OCCNC(=O)CCC/C=C\C/C=C\C/C=C\C/C=C\CCCCC. The van der Waals surface area contributed by atoms with E-state index >= 15 is 0 Å². The first-order valence-electron chi connectivity index (χ1n) is 21.4. The molecule has 0 bridgehead atoms. The van der Waals surface area contributed by atoms with Gasteiger partial charge < -0.3 is 20.1 Å². The predicted octanol–water partition coefficient (Wildman–Crippen LogP) is 12.0. The van der Waals surface area contributed by atoms with Gasteiger partial charge in [0.1, 0.15) is 12.7 Å². The van der Waals surface area contributed by atoms with Crippen LogP contribution in [0.25, 0.3) is 0 Å². The molecule has 0 aromatic heterocycles. The second-order valence-electron chi connectivity index (χ2n) is 13.6. The Labute approximate surface area is 346 Å². The number of aliphatic hydroxyl groups is 1. The first-order valence-corrected chi connectivity index (χ1v) is 22.9. The molecule has 0 aromatic rings. The molecule has 2 atom stereocenters. The molecule has 0 saturated heterocycles. The van der Waals surface area contributed by atoms with Crippen molar-refractivity contribution in [3.8, 4) is 0 Å². The van der Waals surface area contributed by atoms with E-state index in [0.717, 1.165) is 77.0 Å². The zero-order valence-corrected chi connectivity index (χ0v) is 36.1. The second-order valence-corrected chi connectivity index (χ2v) is 15.0. The van der Waals surface area contributed by atoms with Crippen LogP contribution in [0.3, 0.4) is 0 Å². The fraction of sp³-hybridized carbons (Fsp3) is 0.574. The van der Waals surface area contributed by atoms with E-state index in [1.807, 2.05) is 0 Å². The number of allylic oxidation sites excluding steroid dienone is 18. The van der Waals surface area contributed by atoms with Crippen LogP contribution in [-0.4, -0.2) is 54.3 Å². The average Bonchev–Trinajstić information content (AvgIpc) is 3.20. The number of ether oxygens (including phenoxy) is 1. The standard InChI is InChI=1S/C47H76NO8P/c1-3-5-7-9-11-13-15-17-19-21-22-24-26-28-30-32-34-36-38-40-47(51)54-43-45(49)44-56-57(52,53)55-42-41-48-46(50)39-37-35-33-31-29-27-25-23-20-18-16-14-12-10-8-6-4-2/h5,7,11-14,17-20,22,24-25,27-28,30-31,33,45,49H,3-4,6,8-10,15-16,21,23,26,29,32,34-44H2,1-2H3,(H,48,50)(H,52,53)/b7-5-,13-11-,14-12-,19-17-,20-18-,24-22-,27-25-,30-28-,33-31-. The number of hydrogen-bond donors (Lipinski definition) is 3. The summed E-state index contributed by atoms with van der Waals surface area (Å²) in [6.07, 6.45) is 55.9. The van der Waals surface area contributed by atoms with E-state index in [4.69, 9.17) is 13.8 Å². The lowest BCUT2D eigenvalue weighted by molar-refractivity contribution is -0.147. The summed E-state index contributed by atoms with van der Waals surface area (Å²) in [4.78, 5) is 33.9. The summed E-state index contributed by atoms with van der Waals surface area (Å²) in [5, 5.41) is 12.6. The second kappa shape index (κ2) is 42.3. The van der Waals surface area contributed by atoms with Gasteiger partial charge in [0.05, 0.1) is 13.2 Å². The summed E-state index contributed by atoms with van der Waals surface area (Å²) < 4.78 is 26.8. The Morgan fingerprint density at radius 1 is 0.561 bits per heavy atom. The highest BCUT2D eigenvalue weighted by molar-refractivity contribution is 7.47. The van der Waals surface area contributed by atoms with E-state index < -0.39 is 26.5 Å². The molecule has 0 aliphatic carbocycles. The van der Waals surface area contributed by atoms with Crippen LogP contribution in [0.2, 0.25) is 0 Å². The predicted molar refractivity (Wildman–Crippen MR) is 238 cm³/mol. The van der Waals surface area contributed by atoms with E-state index in [1.165, 1.54) is 25.7 Å². The molecule has 0 heterocycles. The van der Waals surface area contributed by atoms with Crippen LogP contribution in [0.5, 0.6) is 0 Å². The topological polar surface area (TPSA) is 131 Å². The van der Waals surface area contributed by atoms with Crippen molar-refractivity contribution in [3.63, 3.8) is 0 Å². The Bertz CT molecular complexity index is 1290. The highest BCUT2D eigenvalue weighted by Crippen LogP contribution is 2.42. The van der Waals surface area contributed by atoms with Crippen molar-refractivity contribution in [2.24, 2.45) is 0 Å². The fourth-order valence-corrected chi connectivity index (χ4v) is 5.74. The largest absolute Gasteiger partial charge is 0.472 e. The van der Waals surface area contributed by atoms with Gasteiger partial charge in [0, 0.05) is 19.4 Å². The third-order valence-electron chi connectivity index (χ3n) is 8.19. The number of carbonyl (C=O) groups is 2. The molecule has 1 amide bonds. The van der Waals surface area contributed by atoms with Crippen molar-refractivity contribution in [3.05, 3.63) is 109 Å². The molecule has 0 rings (SSSR count). The van der Waals surface area contributed by atoms with Crippen molar-refractivity contribution >= 4 is 19.7 Å². The first kappa shape index (κ1) is 53.7. The van der Waals surface area contributed by atoms with Gasteiger partial charge in [-0.3, -0.25) is 18.6 Å². The van der Waals surface area contributed by atoms with Gasteiger partial charge in [0.25, 0.3) is 0 Å². The molecule has 2 unspecified atom stereocenters. The summed E-state index contributed by atoms with van der Waals surface area (Å²) in [5.41, 5.74) is 0. The van der Waals surface area contributed by atoms with Crippen molar-refractivity contribution in [1.29, 1.82) is 0 Å². The van der Waals surface area contributed by atoms with Crippen LogP contribution in [0, 0.1) is 0 Å². The molecule has 10 heteroatoms. The van der Waals surface area contributed by atoms with Gasteiger partial charge in [-0.1, -0.05) is 142 Å². The normalized spacial score (nSPS) is 14.4. The number of unbranched alkanes of at least 4 members (excludes halogenated alkanes) is 7. The van der Waals surface area contributed by atoms with Gasteiger partial charge >= 0.3 is 13.8 Å². The van der Waals surface area contributed by atoms with Crippen molar-refractivity contribution in [2.45, 2.75) is 148 Å². The van der Waals surface area contributed by atoms with Crippen molar-refractivity contribution in [2.75, 3.05) is 26.4 Å². The Kier molecular flexibility index (Phi) is 39.8. The lowest BCUT2D eigenvalue weighted by Crippen LogP contribution is -2.27. The monoisotopic (exact) mass is 814 g/mol. The van der Waals surface area contributed by atoms with Gasteiger partial charge in [-0.05, 0) is 96.3 Å². The molecule has 9 nitrogen and oxygen atoms in total. The summed E-state index contributed by atoms with van der Waals surface area (Å²) in [6.45, 7) is 3.27. The van der Waals surface area contributed by atoms with Crippen molar-refractivity contribution in [1.82, 2.24) is 5.32 Å². The van der Waals surface area contributed by atoms with Gasteiger partial charge in [-0.2, -0.15) is 0 Å². The number of amides is 1. The Morgan fingerprint density at radius 3 is 1.51 bits per heavy atom. The first-order chi connectivity index (χ1) is 27.8. The zero-order valence-electron chi connectivity index (χ0n) is 35.2. The van der Waals surface area contributed by atoms with E-state index in [-0.39, 0.29) is 32.1 Å². The minimum Gasteiger partial charge on any atom is -0.463 e. The van der Waals surface area contributed by atoms with Gasteiger partial charge in [0.2, 0.25) is 5.91 Å². The number of esters is 1. The van der Waals surface area contributed by atoms with Gasteiger partial charge in [0.15, 0.2) is 0 Å². The highest BCUT2D eigenvalue weighted by atomic mass is 31.2. The molecule has 0 spiro atoms. The quantitative estimate of drug-likeness (QED) is 0.0243. The molecule has 0 aromatic carbocycles. The smallest absolute Gasteiger partial charge is 0.463 e. The number of rotatable bonds is 38. The molecule has 0 aliphatic heterocycles. The zero-order chi connectivity index (χ0) is 41.8. The van der Waals surface area contributed by atoms with Crippen LogP contribution in [0.15, 0.2) is 109 Å². The Morgan fingerprint density at radius 2 is 1.02 bits per heavy atom. The number of phosphoric acid groups is 1. The summed E-state index contributed by atoms with van der Waals surface area (Å²) in [7, 11) is -4.45. The van der Waals surface area contributed by atoms with Gasteiger partial charge in [-0.15, -0.1) is 0 Å². The lowest BCUT2D eigenvalue weighted by atomic mass is 10.1. The van der Waals surface area contributed by atoms with Crippen LogP contribution < -0.4 is 5.32 Å². The molecule has 322 valence electrons. The summed E-state index contributed by atoms with van der Waals surface area (Å²) in [5.74, 6) is -0.618. The molecule has 57 heavy (non-hydrogen) atoms. The molecular formula is C47H76NO8P. The molecule has 0 saturated carbocycles. The average molecular weight is 814 g/mol. The van der Waals surface area contributed by atoms with E-state index in [1.54, 1.807) is 0 Å².